The first-order chi connectivity index (χ1) is 9.79. The van der Waals surface area contributed by atoms with E-state index < -0.39 is 0 Å². The molecule has 0 spiro atoms. The number of aliphatic imine (C=N–C) groups is 2. The monoisotopic (exact) mass is 270 g/mol. The second-order valence-electron chi connectivity index (χ2n) is 4.45. The highest BCUT2D eigenvalue weighted by atomic mass is 16.1. The third kappa shape index (κ3) is 2.18. The van der Waals surface area contributed by atoms with Crippen LogP contribution in [0, 0.1) is 0 Å². The summed E-state index contributed by atoms with van der Waals surface area (Å²) in [5.41, 5.74) is 1.80. The number of carbonyl (C=O) groups is 1. The van der Waals surface area contributed by atoms with Gasteiger partial charge < -0.3 is 10.2 Å². The summed E-state index contributed by atoms with van der Waals surface area (Å²) in [6, 6.07) is 1.66. The Hall–Kier alpha value is -2.57. The fraction of sp³-hybridized carbons (Fsp3) is 0.308. The number of hydrogen-bond acceptors (Lipinski definition) is 6. The molecule has 1 aromatic rings. The van der Waals surface area contributed by atoms with Crippen molar-refractivity contribution < 1.29 is 4.79 Å². The summed E-state index contributed by atoms with van der Waals surface area (Å²) >= 11 is 0. The van der Waals surface area contributed by atoms with Crippen LogP contribution in [0.1, 0.15) is 23.8 Å². The Labute approximate surface area is 116 Å². The maximum absolute atomic E-state index is 11.9. The fourth-order valence-corrected chi connectivity index (χ4v) is 1.98. The van der Waals surface area contributed by atoms with Crippen molar-refractivity contribution in [3.63, 3.8) is 0 Å². The van der Waals surface area contributed by atoms with Crippen LogP contribution < -0.4 is 10.2 Å². The zero-order valence-electron chi connectivity index (χ0n) is 11.1. The summed E-state index contributed by atoms with van der Waals surface area (Å²) in [7, 11) is 0. The molecule has 1 aromatic heterocycles. The lowest BCUT2D eigenvalue weighted by molar-refractivity contribution is 0.0947. The Morgan fingerprint density at radius 2 is 2.35 bits per heavy atom. The lowest BCUT2D eigenvalue weighted by Gasteiger charge is -2.27. The summed E-state index contributed by atoms with van der Waals surface area (Å²) in [5, 5.41) is 10.9. The molecule has 2 aliphatic rings. The molecular formula is C13H14N6O. The molecule has 3 heterocycles. The normalized spacial score (nSPS) is 15.4. The number of hydrogen-bond donors (Lipinski definition) is 1. The first-order valence-corrected chi connectivity index (χ1v) is 6.49. The average Bonchev–Trinajstić information content (AvgIpc) is 2.51. The Balaban J connectivity index is 1.89. The number of allylic oxidation sites excluding steroid dienone is 1. The first-order valence-electron chi connectivity index (χ1n) is 6.49. The van der Waals surface area contributed by atoms with E-state index in [1.807, 2.05) is 11.8 Å². The lowest BCUT2D eigenvalue weighted by atomic mass is 10.2. The minimum Gasteiger partial charge on any atom is -0.351 e. The lowest BCUT2D eigenvalue weighted by Crippen LogP contribution is -2.31. The number of nitrogens with one attached hydrogen (secondary N) is 1. The Bertz CT molecular complexity index is 634. The summed E-state index contributed by atoms with van der Waals surface area (Å²) in [4.78, 5) is 22.2. The van der Waals surface area contributed by atoms with Gasteiger partial charge >= 0.3 is 0 Å². The smallest absolute Gasteiger partial charge is 0.271 e. The van der Waals surface area contributed by atoms with E-state index in [1.165, 1.54) is 0 Å². The Morgan fingerprint density at radius 3 is 3.20 bits per heavy atom. The van der Waals surface area contributed by atoms with Crippen LogP contribution in [0.4, 0.5) is 11.5 Å². The van der Waals surface area contributed by atoms with Crippen molar-refractivity contribution in [3.8, 4) is 0 Å². The topological polar surface area (TPSA) is 82.8 Å². The minimum absolute atomic E-state index is 0.223. The first kappa shape index (κ1) is 12.5. The number of anilines is 1. The highest BCUT2D eigenvalue weighted by Crippen LogP contribution is 2.32. The Kier molecular flexibility index (Phi) is 3.24. The quantitative estimate of drug-likeness (QED) is 0.890. The van der Waals surface area contributed by atoms with Crippen LogP contribution in [0.3, 0.4) is 0 Å². The van der Waals surface area contributed by atoms with Gasteiger partial charge in [-0.15, -0.1) is 10.2 Å². The predicted octanol–water partition coefficient (Wildman–Crippen LogP) is 1.06. The summed E-state index contributed by atoms with van der Waals surface area (Å²) in [6.07, 6.45) is 6.10. The number of nitrogens with zero attached hydrogens (tertiary/aromatic N) is 5. The molecule has 3 rings (SSSR count). The summed E-state index contributed by atoms with van der Waals surface area (Å²) < 4.78 is 0. The fourth-order valence-electron chi connectivity index (χ4n) is 1.98. The molecule has 0 saturated heterocycles. The molecule has 102 valence electrons. The van der Waals surface area contributed by atoms with Gasteiger partial charge in [-0.05, 0) is 6.42 Å². The molecule has 1 N–H and O–H groups in total. The summed E-state index contributed by atoms with van der Waals surface area (Å²) in [5.74, 6) is 0.427. The minimum atomic E-state index is -0.223. The van der Waals surface area contributed by atoms with Gasteiger partial charge in [0.25, 0.3) is 5.91 Å². The molecule has 0 atom stereocenters. The molecule has 0 aromatic carbocycles. The molecule has 1 amide bonds. The second-order valence-corrected chi connectivity index (χ2v) is 4.45. The van der Waals surface area contributed by atoms with Crippen molar-refractivity contribution in [2.45, 2.75) is 13.3 Å². The van der Waals surface area contributed by atoms with E-state index in [0.29, 0.717) is 24.6 Å². The zero-order chi connectivity index (χ0) is 13.9. The van der Waals surface area contributed by atoms with Crippen LogP contribution >= 0.6 is 0 Å². The zero-order valence-corrected chi connectivity index (χ0v) is 11.1. The highest BCUT2D eigenvalue weighted by molar-refractivity contribution is 5.97. The molecule has 7 heteroatoms. The van der Waals surface area contributed by atoms with Gasteiger partial charge in [-0.1, -0.05) is 6.92 Å². The van der Waals surface area contributed by atoms with Gasteiger partial charge in [0.2, 0.25) is 0 Å². The molecular weight excluding hydrogens is 256 g/mol. The van der Waals surface area contributed by atoms with Crippen molar-refractivity contribution in [2.75, 3.05) is 18.0 Å². The van der Waals surface area contributed by atoms with Gasteiger partial charge in [0, 0.05) is 18.8 Å². The third-order valence-electron chi connectivity index (χ3n) is 3.00. The number of carbonyl (C=O) groups excluding carboxylic acids is 1. The van der Waals surface area contributed by atoms with Gasteiger partial charge in [-0.25, -0.2) is 0 Å². The van der Waals surface area contributed by atoms with Crippen LogP contribution in [0.2, 0.25) is 0 Å². The molecule has 0 aliphatic carbocycles. The molecule has 0 bridgehead atoms. The molecule has 2 aliphatic heterocycles. The van der Waals surface area contributed by atoms with E-state index in [4.69, 9.17) is 0 Å². The number of rotatable bonds is 3. The van der Waals surface area contributed by atoms with Crippen LogP contribution in [-0.4, -0.2) is 41.6 Å². The highest BCUT2D eigenvalue weighted by Gasteiger charge is 2.23. The molecule has 0 radical (unpaired) electrons. The van der Waals surface area contributed by atoms with Crippen LogP contribution in [0.15, 0.2) is 27.9 Å². The van der Waals surface area contributed by atoms with Gasteiger partial charge in [0.05, 0.1) is 24.7 Å². The van der Waals surface area contributed by atoms with Crippen molar-refractivity contribution in [3.05, 3.63) is 23.7 Å². The van der Waals surface area contributed by atoms with Gasteiger partial charge in [0.15, 0.2) is 11.5 Å². The molecule has 0 saturated carbocycles. The SMILES string of the molecule is CCCNC(=O)c1cc2c(nn1)N1CC=NC=C1C=N2. The van der Waals surface area contributed by atoms with Crippen LogP contribution in [-0.2, 0) is 0 Å². The maximum atomic E-state index is 11.9. The van der Waals surface area contributed by atoms with Crippen molar-refractivity contribution in [1.82, 2.24) is 15.5 Å². The van der Waals surface area contributed by atoms with E-state index in [0.717, 1.165) is 12.1 Å². The number of amides is 1. The average molecular weight is 270 g/mol. The van der Waals surface area contributed by atoms with E-state index in [1.54, 1.807) is 24.7 Å². The predicted molar refractivity (Wildman–Crippen MR) is 76.7 cm³/mol. The van der Waals surface area contributed by atoms with Gasteiger partial charge in [-0.3, -0.25) is 14.8 Å². The number of aromatic nitrogens is 2. The van der Waals surface area contributed by atoms with E-state index in [2.05, 4.69) is 25.5 Å². The Morgan fingerprint density at radius 1 is 1.45 bits per heavy atom. The maximum Gasteiger partial charge on any atom is 0.271 e. The van der Waals surface area contributed by atoms with Crippen molar-refractivity contribution in [1.29, 1.82) is 0 Å². The number of fused-ring (bicyclic) bond motifs is 3. The second kappa shape index (κ2) is 5.20. The largest absolute Gasteiger partial charge is 0.351 e. The third-order valence-corrected chi connectivity index (χ3v) is 3.00. The van der Waals surface area contributed by atoms with Crippen LogP contribution in [0.25, 0.3) is 0 Å². The standard InChI is InChI=1S/C13H14N6O/c1-2-3-15-13(20)11-6-10-12(18-17-11)19-5-4-14-7-9(19)8-16-10/h4,6-8H,2-3,5H2,1H3,(H,15,20). The molecule has 7 nitrogen and oxygen atoms in total. The van der Waals surface area contributed by atoms with E-state index in [9.17, 15) is 4.79 Å². The van der Waals surface area contributed by atoms with Crippen molar-refractivity contribution >= 4 is 29.8 Å². The van der Waals surface area contributed by atoms with Crippen molar-refractivity contribution in [2.24, 2.45) is 9.98 Å². The van der Waals surface area contributed by atoms with Gasteiger partial charge in [-0.2, -0.15) is 0 Å². The van der Waals surface area contributed by atoms with Gasteiger partial charge in [0.1, 0.15) is 5.69 Å². The van der Waals surface area contributed by atoms with E-state index >= 15 is 0 Å². The molecule has 0 unspecified atom stereocenters. The molecule has 20 heavy (non-hydrogen) atoms. The molecule has 0 fully saturated rings. The van der Waals surface area contributed by atoms with E-state index in [-0.39, 0.29) is 11.6 Å². The van der Waals surface area contributed by atoms with Crippen LogP contribution in [0.5, 0.6) is 0 Å². The summed E-state index contributed by atoms with van der Waals surface area (Å²) in [6.45, 7) is 3.24.